The lowest BCUT2D eigenvalue weighted by Crippen LogP contribution is -2.49. The van der Waals surface area contributed by atoms with E-state index in [1.807, 2.05) is 6.07 Å². The Morgan fingerprint density at radius 3 is 2.41 bits per heavy atom. The molecule has 1 atom stereocenters. The fourth-order valence-corrected chi connectivity index (χ4v) is 3.70. The highest BCUT2D eigenvalue weighted by molar-refractivity contribution is 8.00. The Bertz CT molecular complexity index is 951. The lowest BCUT2D eigenvalue weighted by Gasteiger charge is -2.25. The van der Waals surface area contributed by atoms with Crippen LogP contribution in [0.15, 0.2) is 59.5 Å². The normalized spacial score (nSPS) is 18.4. The van der Waals surface area contributed by atoms with Crippen LogP contribution in [0.2, 0.25) is 0 Å². The highest BCUT2D eigenvalue weighted by atomic mass is 32.2. The van der Waals surface area contributed by atoms with E-state index in [1.54, 1.807) is 31.2 Å². The van der Waals surface area contributed by atoms with Crippen molar-refractivity contribution < 1.29 is 19.3 Å². The average molecular weight is 414 g/mol. The van der Waals surface area contributed by atoms with Gasteiger partial charge in [-0.05, 0) is 24.1 Å². The van der Waals surface area contributed by atoms with Crippen molar-refractivity contribution in [3.63, 3.8) is 0 Å². The van der Waals surface area contributed by atoms with Crippen LogP contribution in [-0.4, -0.2) is 33.5 Å². The Labute approximate surface area is 170 Å². The quantitative estimate of drug-likeness (QED) is 0.311. The summed E-state index contributed by atoms with van der Waals surface area (Å²) in [5.41, 5.74) is 1.71. The van der Waals surface area contributed by atoms with E-state index in [2.05, 4.69) is 10.7 Å². The van der Waals surface area contributed by atoms with E-state index in [-0.39, 0.29) is 11.4 Å². The number of thioether (sulfide) groups is 1. The molecule has 0 unspecified atom stereocenters. The zero-order valence-electron chi connectivity index (χ0n) is 15.5. The monoisotopic (exact) mass is 414 g/mol. The summed E-state index contributed by atoms with van der Waals surface area (Å²) in [6.07, 6.45) is 0.325. The average Bonchev–Trinajstić information content (AvgIpc) is 2.98. The lowest BCUT2D eigenvalue weighted by molar-refractivity contribution is -0.384. The maximum Gasteiger partial charge on any atom is 0.344 e. The molecule has 2 N–H and O–H groups in total. The van der Waals surface area contributed by atoms with Crippen LogP contribution in [0.25, 0.3) is 0 Å². The standard InChI is InChI=1S/C19H18N4O5S/c1-2-19(13-6-4-3-5-7-13)17(25)22(18(26)20-19)21-16(24)12-29-15-10-8-14(9-11-15)23(27)28/h3-11H,2,12H2,1H3,(H,20,26)(H,21,24)/t19-/m1/s1. The highest BCUT2D eigenvalue weighted by Crippen LogP contribution is 2.31. The van der Waals surface area contributed by atoms with Crippen molar-refractivity contribution in [1.82, 2.24) is 15.8 Å². The van der Waals surface area contributed by atoms with Crippen molar-refractivity contribution in [1.29, 1.82) is 0 Å². The van der Waals surface area contributed by atoms with E-state index in [0.717, 1.165) is 11.8 Å². The molecule has 1 aliphatic rings. The van der Waals surface area contributed by atoms with Crippen LogP contribution in [-0.2, 0) is 15.1 Å². The number of carbonyl (C=O) groups is 3. The zero-order chi connectivity index (χ0) is 21.0. The number of hydrogen-bond donors (Lipinski definition) is 2. The van der Waals surface area contributed by atoms with Gasteiger partial charge in [0.25, 0.3) is 11.6 Å². The van der Waals surface area contributed by atoms with Crippen LogP contribution in [0.1, 0.15) is 18.9 Å². The second kappa shape index (κ2) is 8.31. The Kier molecular flexibility index (Phi) is 5.83. The predicted octanol–water partition coefficient (Wildman–Crippen LogP) is 2.58. The second-order valence-corrected chi connectivity index (χ2v) is 7.32. The molecule has 150 valence electrons. The molecule has 9 nitrogen and oxygen atoms in total. The van der Waals surface area contributed by atoms with E-state index in [4.69, 9.17) is 0 Å². The fraction of sp³-hybridized carbons (Fsp3) is 0.211. The van der Waals surface area contributed by atoms with Gasteiger partial charge in [-0.3, -0.25) is 25.1 Å². The van der Waals surface area contributed by atoms with Crippen LogP contribution in [0, 0.1) is 10.1 Å². The molecule has 2 aromatic carbocycles. The van der Waals surface area contributed by atoms with Crippen molar-refractivity contribution in [3.05, 3.63) is 70.3 Å². The number of hydrogen-bond acceptors (Lipinski definition) is 6. The lowest BCUT2D eigenvalue weighted by atomic mass is 9.87. The molecule has 0 bridgehead atoms. The van der Waals surface area contributed by atoms with E-state index in [1.165, 1.54) is 24.3 Å². The minimum Gasteiger partial charge on any atom is -0.318 e. The van der Waals surface area contributed by atoms with Gasteiger partial charge in [0.05, 0.1) is 10.7 Å². The molecule has 1 aliphatic heterocycles. The first-order valence-electron chi connectivity index (χ1n) is 8.76. The molecule has 1 saturated heterocycles. The van der Waals surface area contributed by atoms with Crippen LogP contribution < -0.4 is 10.7 Å². The summed E-state index contributed by atoms with van der Waals surface area (Å²) in [4.78, 5) is 48.4. The zero-order valence-corrected chi connectivity index (χ0v) is 16.3. The van der Waals surface area contributed by atoms with Gasteiger partial charge in [-0.25, -0.2) is 4.79 Å². The Balaban J connectivity index is 1.65. The van der Waals surface area contributed by atoms with Crippen molar-refractivity contribution in [3.8, 4) is 0 Å². The maximum atomic E-state index is 12.9. The van der Waals surface area contributed by atoms with Gasteiger partial charge in [0.2, 0.25) is 5.91 Å². The minimum absolute atomic E-state index is 0.0463. The summed E-state index contributed by atoms with van der Waals surface area (Å²) >= 11 is 1.13. The number of non-ortho nitro benzene ring substituents is 1. The van der Waals surface area contributed by atoms with E-state index in [0.29, 0.717) is 21.9 Å². The molecule has 1 heterocycles. The third kappa shape index (κ3) is 4.06. The summed E-state index contributed by atoms with van der Waals surface area (Å²) in [5.74, 6) is -1.17. The summed E-state index contributed by atoms with van der Waals surface area (Å²) in [6, 6.07) is 13.9. The number of nitro groups is 1. The molecular weight excluding hydrogens is 396 g/mol. The molecular formula is C19H18N4O5S. The Morgan fingerprint density at radius 1 is 1.17 bits per heavy atom. The Morgan fingerprint density at radius 2 is 1.83 bits per heavy atom. The van der Waals surface area contributed by atoms with Crippen LogP contribution in [0.5, 0.6) is 0 Å². The van der Waals surface area contributed by atoms with E-state index >= 15 is 0 Å². The van der Waals surface area contributed by atoms with Crippen molar-refractivity contribution in [2.45, 2.75) is 23.8 Å². The number of nitrogens with one attached hydrogen (secondary N) is 2. The van der Waals surface area contributed by atoms with Crippen molar-refractivity contribution >= 4 is 35.3 Å². The van der Waals surface area contributed by atoms with Gasteiger partial charge in [-0.1, -0.05) is 37.3 Å². The molecule has 2 aromatic rings. The summed E-state index contributed by atoms with van der Waals surface area (Å²) in [5, 5.41) is 14.1. The van der Waals surface area contributed by atoms with Gasteiger partial charge >= 0.3 is 6.03 Å². The predicted molar refractivity (Wildman–Crippen MR) is 106 cm³/mol. The number of nitro benzene ring substituents is 1. The molecule has 0 saturated carbocycles. The minimum atomic E-state index is -1.23. The summed E-state index contributed by atoms with van der Waals surface area (Å²) in [7, 11) is 0. The summed E-state index contributed by atoms with van der Waals surface area (Å²) in [6.45, 7) is 1.78. The number of rotatable bonds is 7. The van der Waals surface area contributed by atoms with Crippen LogP contribution in [0.4, 0.5) is 10.5 Å². The number of urea groups is 1. The number of nitrogens with zero attached hydrogens (tertiary/aromatic N) is 2. The highest BCUT2D eigenvalue weighted by Gasteiger charge is 2.52. The number of imide groups is 1. The van der Waals surface area contributed by atoms with Gasteiger partial charge in [0.1, 0.15) is 5.54 Å². The molecule has 29 heavy (non-hydrogen) atoms. The molecule has 0 aliphatic carbocycles. The van der Waals surface area contributed by atoms with Crippen LogP contribution in [0.3, 0.4) is 0 Å². The largest absolute Gasteiger partial charge is 0.344 e. The van der Waals surface area contributed by atoms with Gasteiger partial charge in [0.15, 0.2) is 0 Å². The molecule has 0 aromatic heterocycles. The Hall–Kier alpha value is -3.40. The molecule has 1 fully saturated rings. The van der Waals surface area contributed by atoms with Crippen molar-refractivity contribution in [2.75, 3.05) is 5.75 Å². The maximum absolute atomic E-state index is 12.9. The second-order valence-electron chi connectivity index (χ2n) is 6.27. The number of benzene rings is 2. The smallest absolute Gasteiger partial charge is 0.318 e. The molecule has 0 radical (unpaired) electrons. The van der Waals surface area contributed by atoms with Gasteiger partial charge in [0, 0.05) is 17.0 Å². The van der Waals surface area contributed by atoms with E-state index < -0.39 is 28.3 Å². The molecule has 10 heteroatoms. The summed E-state index contributed by atoms with van der Waals surface area (Å²) < 4.78 is 0. The third-order valence-electron chi connectivity index (χ3n) is 4.54. The van der Waals surface area contributed by atoms with Crippen LogP contribution >= 0.6 is 11.8 Å². The topological polar surface area (TPSA) is 122 Å². The SMILES string of the molecule is CC[C@]1(c2ccccc2)NC(=O)N(NC(=O)CSc2ccc([N+](=O)[O-])cc2)C1=O. The molecule has 3 rings (SSSR count). The van der Waals surface area contributed by atoms with E-state index in [9.17, 15) is 24.5 Å². The first kappa shape index (κ1) is 20.3. The number of amides is 4. The van der Waals surface area contributed by atoms with Gasteiger partial charge in [-0.15, -0.1) is 11.8 Å². The van der Waals surface area contributed by atoms with Gasteiger partial charge in [-0.2, -0.15) is 5.01 Å². The van der Waals surface area contributed by atoms with Crippen molar-refractivity contribution in [2.24, 2.45) is 0 Å². The number of hydrazine groups is 1. The molecule has 0 spiro atoms. The fourth-order valence-electron chi connectivity index (χ4n) is 3.01. The molecule has 4 amide bonds. The van der Waals surface area contributed by atoms with Gasteiger partial charge < -0.3 is 5.32 Å². The first-order valence-corrected chi connectivity index (χ1v) is 9.75. The number of carbonyl (C=O) groups excluding carboxylic acids is 3. The first-order chi connectivity index (χ1) is 13.9. The third-order valence-corrected chi connectivity index (χ3v) is 5.55.